The van der Waals surface area contributed by atoms with Crippen LogP contribution < -0.4 is 10.1 Å². The van der Waals surface area contributed by atoms with Gasteiger partial charge in [-0.2, -0.15) is 0 Å². The Morgan fingerprint density at radius 1 is 1.32 bits per heavy atom. The van der Waals surface area contributed by atoms with Crippen molar-refractivity contribution in [3.63, 3.8) is 0 Å². The second-order valence-corrected chi connectivity index (χ2v) is 5.87. The molecular weight excluding hydrogens is 327 g/mol. The number of amides is 1. The van der Waals surface area contributed by atoms with E-state index in [0.717, 1.165) is 4.70 Å². The second kappa shape index (κ2) is 5.90. The Morgan fingerprint density at radius 2 is 2.05 bits per heavy atom. The molecule has 1 aromatic heterocycles. The Labute approximate surface area is 134 Å². The lowest BCUT2D eigenvalue weighted by Crippen LogP contribution is -2.11. The van der Waals surface area contributed by atoms with Crippen LogP contribution in [0.2, 0.25) is 5.02 Å². The molecule has 1 N–H and O–H groups in total. The first kappa shape index (κ1) is 14.7. The number of hydrogen-bond donors (Lipinski definition) is 1. The van der Waals surface area contributed by atoms with E-state index >= 15 is 0 Å². The highest BCUT2D eigenvalue weighted by Crippen LogP contribution is 2.34. The van der Waals surface area contributed by atoms with E-state index in [-0.39, 0.29) is 5.91 Å². The monoisotopic (exact) mass is 336 g/mol. The van der Waals surface area contributed by atoms with Crippen molar-refractivity contribution in [2.45, 2.75) is 0 Å². The van der Waals surface area contributed by atoms with Crippen molar-refractivity contribution in [1.82, 2.24) is 4.98 Å². The van der Waals surface area contributed by atoms with Gasteiger partial charge in [-0.25, -0.2) is 9.37 Å². The minimum atomic E-state index is -0.390. The van der Waals surface area contributed by atoms with Crippen LogP contribution in [0.15, 0.2) is 36.4 Å². The molecule has 0 saturated carbocycles. The van der Waals surface area contributed by atoms with Gasteiger partial charge in [0.25, 0.3) is 5.91 Å². The number of aromatic nitrogens is 1. The van der Waals surface area contributed by atoms with E-state index in [1.807, 2.05) is 0 Å². The first-order valence-corrected chi connectivity index (χ1v) is 7.47. The van der Waals surface area contributed by atoms with Gasteiger partial charge in [0.2, 0.25) is 0 Å². The van der Waals surface area contributed by atoms with E-state index < -0.39 is 5.82 Å². The van der Waals surface area contributed by atoms with Gasteiger partial charge < -0.3 is 4.74 Å². The van der Waals surface area contributed by atoms with Crippen LogP contribution in [0.1, 0.15) is 10.4 Å². The van der Waals surface area contributed by atoms with Crippen LogP contribution in [0.3, 0.4) is 0 Å². The second-order valence-electron chi connectivity index (χ2n) is 4.43. The third-order valence-electron chi connectivity index (χ3n) is 2.99. The van der Waals surface area contributed by atoms with Crippen molar-refractivity contribution in [3.05, 3.63) is 52.8 Å². The summed E-state index contributed by atoms with van der Waals surface area (Å²) in [6.07, 6.45) is 0. The maximum Gasteiger partial charge on any atom is 0.257 e. The number of ether oxygens (including phenoxy) is 1. The number of methoxy groups -OCH3 is 1. The zero-order valence-corrected chi connectivity index (χ0v) is 13.0. The molecular formula is C15H10ClFN2O2S. The quantitative estimate of drug-likeness (QED) is 0.773. The zero-order valence-electron chi connectivity index (χ0n) is 11.4. The molecule has 0 spiro atoms. The molecule has 0 aliphatic rings. The molecule has 2 aromatic carbocycles. The predicted octanol–water partition coefficient (Wildman–Crippen LogP) is 4.35. The van der Waals surface area contributed by atoms with Crippen LogP contribution in [-0.2, 0) is 0 Å². The fourth-order valence-electron chi connectivity index (χ4n) is 1.91. The molecule has 0 fully saturated rings. The number of carbonyl (C=O) groups is 1. The molecule has 0 aliphatic heterocycles. The maximum atomic E-state index is 12.9. The summed E-state index contributed by atoms with van der Waals surface area (Å²) >= 11 is 7.35. The molecule has 0 atom stereocenters. The largest absolute Gasteiger partial charge is 0.495 e. The van der Waals surface area contributed by atoms with Gasteiger partial charge in [0.1, 0.15) is 11.6 Å². The topological polar surface area (TPSA) is 51.2 Å². The fraction of sp³-hybridized carbons (Fsp3) is 0.0667. The van der Waals surface area contributed by atoms with Gasteiger partial charge in [-0.05, 0) is 30.3 Å². The highest BCUT2D eigenvalue weighted by molar-refractivity contribution is 7.22. The predicted molar refractivity (Wildman–Crippen MR) is 85.5 cm³/mol. The van der Waals surface area contributed by atoms with Gasteiger partial charge in [0, 0.05) is 11.6 Å². The van der Waals surface area contributed by atoms with Crippen molar-refractivity contribution < 1.29 is 13.9 Å². The summed E-state index contributed by atoms with van der Waals surface area (Å²) < 4.78 is 18.9. The molecule has 4 nitrogen and oxygen atoms in total. The lowest BCUT2D eigenvalue weighted by molar-refractivity contribution is 0.102. The SMILES string of the molecule is COc1cc2sc(NC(=O)c3ccc(F)cc3)nc2cc1Cl. The molecule has 7 heteroatoms. The standard InChI is InChI=1S/C15H10ClFN2O2S/c1-21-12-7-13-11(6-10(12)16)18-15(22-13)19-14(20)8-2-4-9(17)5-3-8/h2-7H,1H3,(H,18,19,20). The number of halogens is 2. The van der Waals surface area contributed by atoms with Gasteiger partial charge in [-0.1, -0.05) is 22.9 Å². The van der Waals surface area contributed by atoms with Crippen molar-refractivity contribution in [1.29, 1.82) is 0 Å². The summed E-state index contributed by atoms with van der Waals surface area (Å²) in [5.74, 6) is -0.190. The average molecular weight is 337 g/mol. The van der Waals surface area contributed by atoms with E-state index in [1.165, 1.54) is 42.7 Å². The Hall–Kier alpha value is -2.18. The van der Waals surface area contributed by atoms with Gasteiger partial charge >= 0.3 is 0 Å². The lowest BCUT2D eigenvalue weighted by Gasteiger charge is -2.00. The zero-order chi connectivity index (χ0) is 15.7. The Balaban J connectivity index is 1.87. The molecule has 3 aromatic rings. The van der Waals surface area contributed by atoms with Crippen molar-refractivity contribution >= 4 is 44.2 Å². The van der Waals surface area contributed by atoms with Crippen LogP contribution in [0.4, 0.5) is 9.52 Å². The third-order valence-corrected chi connectivity index (χ3v) is 4.22. The van der Waals surface area contributed by atoms with Gasteiger partial charge in [-0.15, -0.1) is 0 Å². The first-order valence-electron chi connectivity index (χ1n) is 6.28. The van der Waals surface area contributed by atoms with E-state index in [2.05, 4.69) is 10.3 Å². The summed E-state index contributed by atoms with van der Waals surface area (Å²) in [5, 5.41) is 3.58. The van der Waals surface area contributed by atoms with Gasteiger partial charge in [0.05, 0.1) is 22.3 Å². The van der Waals surface area contributed by atoms with E-state index in [4.69, 9.17) is 16.3 Å². The molecule has 112 valence electrons. The van der Waals surface area contributed by atoms with Gasteiger partial charge in [0.15, 0.2) is 5.13 Å². The summed E-state index contributed by atoms with van der Waals surface area (Å²) in [4.78, 5) is 16.4. The molecule has 0 bridgehead atoms. The number of carbonyl (C=O) groups excluding carboxylic acids is 1. The number of nitrogens with zero attached hydrogens (tertiary/aromatic N) is 1. The minimum absolute atomic E-state index is 0.350. The van der Waals surface area contributed by atoms with Crippen molar-refractivity contribution in [3.8, 4) is 5.75 Å². The Kier molecular flexibility index (Phi) is 3.96. The van der Waals surface area contributed by atoms with Crippen LogP contribution in [-0.4, -0.2) is 18.0 Å². The third kappa shape index (κ3) is 2.88. The Morgan fingerprint density at radius 3 is 2.73 bits per heavy atom. The molecule has 1 heterocycles. The number of thiazole rings is 1. The number of rotatable bonds is 3. The number of benzene rings is 2. The average Bonchev–Trinajstić information content (AvgIpc) is 2.87. The van der Waals surface area contributed by atoms with Crippen molar-refractivity contribution in [2.75, 3.05) is 12.4 Å². The molecule has 0 unspecified atom stereocenters. The molecule has 22 heavy (non-hydrogen) atoms. The Bertz CT molecular complexity index is 849. The summed E-state index contributed by atoms with van der Waals surface area (Å²) in [6.45, 7) is 0. The van der Waals surface area contributed by atoms with Crippen LogP contribution in [0.25, 0.3) is 10.2 Å². The number of nitrogens with one attached hydrogen (secondary N) is 1. The first-order chi connectivity index (χ1) is 10.6. The van der Waals surface area contributed by atoms with E-state index in [1.54, 1.807) is 12.1 Å². The van der Waals surface area contributed by atoms with Crippen LogP contribution in [0, 0.1) is 5.82 Å². The van der Waals surface area contributed by atoms with Crippen LogP contribution in [0.5, 0.6) is 5.75 Å². The maximum absolute atomic E-state index is 12.9. The summed E-state index contributed by atoms with van der Waals surface area (Å²) in [6, 6.07) is 8.74. The molecule has 0 aliphatic carbocycles. The number of anilines is 1. The number of fused-ring (bicyclic) bond motifs is 1. The summed E-state index contributed by atoms with van der Waals surface area (Å²) in [7, 11) is 1.53. The van der Waals surface area contributed by atoms with Gasteiger partial charge in [-0.3, -0.25) is 10.1 Å². The van der Waals surface area contributed by atoms with E-state index in [0.29, 0.717) is 27.0 Å². The normalized spacial score (nSPS) is 10.7. The lowest BCUT2D eigenvalue weighted by atomic mass is 10.2. The molecule has 3 rings (SSSR count). The minimum Gasteiger partial charge on any atom is -0.495 e. The number of hydrogen-bond acceptors (Lipinski definition) is 4. The summed E-state index contributed by atoms with van der Waals surface area (Å²) in [5.41, 5.74) is 1.03. The van der Waals surface area contributed by atoms with E-state index in [9.17, 15) is 9.18 Å². The molecule has 1 amide bonds. The smallest absolute Gasteiger partial charge is 0.257 e. The van der Waals surface area contributed by atoms with Crippen molar-refractivity contribution in [2.24, 2.45) is 0 Å². The fourth-order valence-corrected chi connectivity index (χ4v) is 3.02. The highest BCUT2D eigenvalue weighted by atomic mass is 35.5. The highest BCUT2D eigenvalue weighted by Gasteiger charge is 2.12. The molecule has 0 radical (unpaired) electrons. The van der Waals surface area contributed by atoms with Crippen LogP contribution >= 0.6 is 22.9 Å². The molecule has 0 saturated heterocycles.